The topological polar surface area (TPSA) is 33.1 Å². The van der Waals surface area contributed by atoms with Gasteiger partial charge in [0.2, 0.25) is 0 Å². The molecule has 0 fully saturated rings. The molecule has 2 heteroatoms. The van der Waals surface area contributed by atoms with Gasteiger partial charge in [-0.3, -0.25) is 4.98 Å². The number of aromatic hydroxyl groups is 1. The molecule has 2 aromatic rings. The molecular weight excluding hydrogens is 222 g/mol. The summed E-state index contributed by atoms with van der Waals surface area (Å²) in [6.45, 7) is 4.10. The molecule has 0 atom stereocenters. The SMILES string of the molecule is Cc1cc(O)c(CCCc2ccccn2)cc1C. The summed E-state index contributed by atoms with van der Waals surface area (Å²) in [5.74, 6) is 0.416. The van der Waals surface area contributed by atoms with E-state index < -0.39 is 0 Å². The average molecular weight is 241 g/mol. The number of phenolic OH excluding ortho intramolecular Hbond substituents is 1. The summed E-state index contributed by atoms with van der Waals surface area (Å²) in [5.41, 5.74) is 4.52. The first-order valence-corrected chi connectivity index (χ1v) is 6.36. The van der Waals surface area contributed by atoms with Crippen LogP contribution in [0, 0.1) is 13.8 Å². The largest absolute Gasteiger partial charge is 0.508 e. The van der Waals surface area contributed by atoms with Crippen molar-refractivity contribution in [3.8, 4) is 5.75 Å². The molecule has 1 aromatic heterocycles. The highest BCUT2D eigenvalue weighted by Crippen LogP contribution is 2.23. The van der Waals surface area contributed by atoms with Gasteiger partial charge in [0, 0.05) is 11.9 Å². The van der Waals surface area contributed by atoms with Crippen LogP contribution in [0.4, 0.5) is 0 Å². The van der Waals surface area contributed by atoms with E-state index in [9.17, 15) is 5.11 Å². The van der Waals surface area contributed by atoms with Crippen LogP contribution in [0.25, 0.3) is 0 Å². The standard InChI is InChI=1S/C16H19NO/c1-12-10-14(16(18)11-13(12)2)6-5-8-15-7-3-4-9-17-15/h3-4,7,9-11,18H,5-6,8H2,1-2H3. The fraction of sp³-hybridized carbons (Fsp3) is 0.312. The number of benzene rings is 1. The maximum absolute atomic E-state index is 9.90. The van der Waals surface area contributed by atoms with Crippen molar-refractivity contribution in [3.05, 3.63) is 58.9 Å². The van der Waals surface area contributed by atoms with Crippen LogP contribution in [-0.4, -0.2) is 10.1 Å². The Morgan fingerprint density at radius 3 is 2.56 bits per heavy atom. The number of hydrogen-bond acceptors (Lipinski definition) is 2. The molecule has 0 radical (unpaired) electrons. The van der Waals surface area contributed by atoms with E-state index in [1.165, 1.54) is 5.56 Å². The molecule has 0 spiro atoms. The van der Waals surface area contributed by atoms with E-state index in [-0.39, 0.29) is 0 Å². The molecule has 0 saturated carbocycles. The molecule has 1 aromatic carbocycles. The number of pyridine rings is 1. The predicted molar refractivity (Wildman–Crippen MR) is 73.8 cm³/mol. The number of rotatable bonds is 4. The number of phenols is 1. The molecule has 1 heterocycles. The molecule has 94 valence electrons. The minimum absolute atomic E-state index is 0.416. The van der Waals surface area contributed by atoms with Crippen LogP contribution >= 0.6 is 0 Å². The molecule has 0 aliphatic heterocycles. The second-order valence-electron chi connectivity index (χ2n) is 4.74. The maximum atomic E-state index is 9.90. The normalized spacial score (nSPS) is 10.6. The Morgan fingerprint density at radius 2 is 1.83 bits per heavy atom. The zero-order valence-electron chi connectivity index (χ0n) is 11.0. The van der Waals surface area contributed by atoms with Crippen molar-refractivity contribution < 1.29 is 5.11 Å². The lowest BCUT2D eigenvalue weighted by Gasteiger charge is -2.08. The molecule has 2 rings (SSSR count). The van der Waals surface area contributed by atoms with Crippen LogP contribution < -0.4 is 0 Å². The van der Waals surface area contributed by atoms with Gasteiger partial charge in [-0.15, -0.1) is 0 Å². The monoisotopic (exact) mass is 241 g/mol. The van der Waals surface area contributed by atoms with Crippen LogP contribution in [0.15, 0.2) is 36.5 Å². The third kappa shape index (κ3) is 3.10. The first-order chi connectivity index (χ1) is 8.66. The third-order valence-electron chi connectivity index (χ3n) is 3.30. The summed E-state index contributed by atoms with van der Waals surface area (Å²) in [6, 6.07) is 9.92. The van der Waals surface area contributed by atoms with Gasteiger partial charge < -0.3 is 5.11 Å². The second-order valence-corrected chi connectivity index (χ2v) is 4.74. The first-order valence-electron chi connectivity index (χ1n) is 6.36. The van der Waals surface area contributed by atoms with Gasteiger partial charge >= 0.3 is 0 Å². The Bertz CT molecular complexity index is 520. The van der Waals surface area contributed by atoms with Crippen molar-refractivity contribution in [1.82, 2.24) is 4.98 Å². The summed E-state index contributed by atoms with van der Waals surface area (Å²) in [6.07, 6.45) is 4.67. The van der Waals surface area contributed by atoms with Crippen molar-refractivity contribution in [2.75, 3.05) is 0 Å². The quantitative estimate of drug-likeness (QED) is 0.887. The summed E-state index contributed by atoms with van der Waals surface area (Å²) >= 11 is 0. The maximum Gasteiger partial charge on any atom is 0.119 e. The minimum Gasteiger partial charge on any atom is -0.508 e. The van der Waals surface area contributed by atoms with Gasteiger partial charge in [-0.2, -0.15) is 0 Å². The molecule has 1 N–H and O–H groups in total. The van der Waals surface area contributed by atoms with Crippen LogP contribution in [0.2, 0.25) is 0 Å². The third-order valence-corrected chi connectivity index (χ3v) is 3.30. The molecule has 0 bridgehead atoms. The van der Waals surface area contributed by atoms with Crippen LogP contribution in [0.5, 0.6) is 5.75 Å². The Balaban J connectivity index is 1.97. The van der Waals surface area contributed by atoms with Crippen LogP contribution in [0.1, 0.15) is 28.8 Å². The van der Waals surface area contributed by atoms with Gasteiger partial charge in [-0.1, -0.05) is 12.1 Å². The van der Waals surface area contributed by atoms with E-state index in [0.717, 1.165) is 36.1 Å². The minimum atomic E-state index is 0.416. The zero-order valence-corrected chi connectivity index (χ0v) is 11.0. The molecule has 0 saturated heterocycles. The van der Waals surface area contributed by atoms with Gasteiger partial charge in [-0.05, 0) is 68.0 Å². The van der Waals surface area contributed by atoms with Gasteiger partial charge in [0.15, 0.2) is 0 Å². The van der Waals surface area contributed by atoms with E-state index in [1.54, 1.807) is 0 Å². The van der Waals surface area contributed by atoms with Crippen molar-refractivity contribution in [1.29, 1.82) is 0 Å². The summed E-state index contributed by atoms with van der Waals surface area (Å²) in [7, 11) is 0. The summed E-state index contributed by atoms with van der Waals surface area (Å²) in [4.78, 5) is 4.30. The lowest BCUT2D eigenvalue weighted by molar-refractivity contribution is 0.466. The van der Waals surface area contributed by atoms with Gasteiger partial charge in [0.1, 0.15) is 5.75 Å². The van der Waals surface area contributed by atoms with Crippen molar-refractivity contribution in [3.63, 3.8) is 0 Å². The van der Waals surface area contributed by atoms with Gasteiger partial charge in [-0.25, -0.2) is 0 Å². The van der Waals surface area contributed by atoms with Gasteiger partial charge in [0.25, 0.3) is 0 Å². The summed E-state index contributed by atoms with van der Waals surface area (Å²) < 4.78 is 0. The molecule has 0 amide bonds. The van der Waals surface area contributed by atoms with E-state index in [4.69, 9.17) is 0 Å². The number of nitrogens with zero attached hydrogens (tertiary/aromatic N) is 1. The van der Waals surface area contributed by atoms with Crippen LogP contribution in [-0.2, 0) is 12.8 Å². The van der Waals surface area contributed by atoms with Crippen molar-refractivity contribution in [2.45, 2.75) is 33.1 Å². The second kappa shape index (κ2) is 5.67. The zero-order chi connectivity index (χ0) is 13.0. The molecule has 0 unspecified atom stereocenters. The Kier molecular flexibility index (Phi) is 3.98. The Hall–Kier alpha value is -1.83. The molecule has 0 aliphatic carbocycles. The smallest absolute Gasteiger partial charge is 0.119 e. The van der Waals surface area contributed by atoms with E-state index >= 15 is 0 Å². The molecule has 18 heavy (non-hydrogen) atoms. The van der Waals surface area contributed by atoms with Crippen molar-refractivity contribution >= 4 is 0 Å². The fourth-order valence-corrected chi connectivity index (χ4v) is 2.07. The Labute approximate surface area is 108 Å². The first kappa shape index (κ1) is 12.6. The lowest BCUT2D eigenvalue weighted by Crippen LogP contribution is -1.94. The van der Waals surface area contributed by atoms with Crippen LogP contribution in [0.3, 0.4) is 0 Å². The highest BCUT2D eigenvalue weighted by Gasteiger charge is 2.04. The van der Waals surface area contributed by atoms with E-state index in [2.05, 4.69) is 18.0 Å². The highest BCUT2D eigenvalue weighted by atomic mass is 16.3. The molecular formula is C16H19NO. The Morgan fingerprint density at radius 1 is 1.06 bits per heavy atom. The average Bonchev–Trinajstić information content (AvgIpc) is 2.37. The highest BCUT2D eigenvalue weighted by molar-refractivity contribution is 5.40. The molecule has 2 nitrogen and oxygen atoms in total. The lowest BCUT2D eigenvalue weighted by atomic mass is 10.0. The number of aryl methyl sites for hydroxylation is 4. The van der Waals surface area contributed by atoms with E-state index in [0.29, 0.717) is 5.75 Å². The van der Waals surface area contributed by atoms with Crippen molar-refractivity contribution in [2.24, 2.45) is 0 Å². The predicted octanol–water partition coefficient (Wildman–Crippen LogP) is 3.58. The fourth-order valence-electron chi connectivity index (χ4n) is 2.07. The molecule has 0 aliphatic rings. The van der Waals surface area contributed by atoms with E-state index in [1.807, 2.05) is 37.4 Å². The number of hydrogen-bond donors (Lipinski definition) is 1. The van der Waals surface area contributed by atoms with Gasteiger partial charge in [0.05, 0.1) is 0 Å². The summed E-state index contributed by atoms with van der Waals surface area (Å²) in [5, 5.41) is 9.90. The number of aromatic nitrogens is 1.